The van der Waals surface area contributed by atoms with Crippen LogP contribution in [0.15, 0.2) is 0 Å². The van der Waals surface area contributed by atoms with Gasteiger partial charge in [0.2, 0.25) is 5.78 Å². The van der Waals surface area contributed by atoms with Gasteiger partial charge >= 0.3 is 12.0 Å². The van der Waals surface area contributed by atoms with Crippen molar-refractivity contribution in [2.75, 3.05) is 71.6 Å². The van der Waals surface area contributed by atoms with E-state index in [2.05, 4.69) is 21.3 Å². The smallest absolute Gasteiger partial charge is 0.372 e. The molecule has 2 amide bonds. The minimum absolute atomic E-state index is 0.00479. The molecule has 11 nitrogen and oxygen atoms in total. The van der Waals surface area contributed by atoms with Crippen molar-refractivity contribution in [3.05, 3.63) is 0 Å². The SMILES string of the molecule is O=C1N[C@H]2[C@H](CS[C@H]2CCCCCNCCCOCCOCCOCCCNCCCC(=O)C(=O)O)N1. The zero-order chi connectivity index (χ0) is 26.6. The molecule has 37 heavy (non-hydrogen) atoms. The lowest BCUT2D eigenvalue weighted by molar-refractivity contribution is -0.149. The van der Waals surface area contributed by atoms with Crippen molar-refractivity contribution in [1.82, 2.24) is 21.3 Å². The van der Waals surface area contributed by atoms with Crippen LogP contribution in [0.3, 0.4) is 0 Å². The second-order valence-corrected chi connectivity index (χ2v) is 10.6. The molecule has 0 aromatic heterocycles. The Bertz CT molecular complexity index is 659. The molecule has 12 heteroatoms. The quantitative estimate of drug-likeness (QED) is 0.0642. The zero-order valence-corrected chi connectivity index (χ0v) is 22.8. The molecule has 0 aromatic rings. The number of rotatable bonds is 25. The van der Waals surface area contributed by atoms with E-state index in [-0.39, 0.29) is 12.5 Å². The third kappa shape index (κ3) is 14.9. The van der Waals surface area contributed by atoms with E-state index in [1.54, 1.807) is 0 Å². The number of carbonyl (C=O) groups excluding carboxylic acids is 2. The molecule has 0 radical (unpaired) electrons. The standard InChI is InChI=1S/C25H46N4O7S/c30-21(24(31)32)7-4-10-27-12-6-14-35-16-18-36-17-15-34-13-5-11-26-9-3-1-2-8-22-23-20(19-37-22)28-25(33)29-23/h20,22-23,26-27H,1-19H2,(H,31,32)(H2,28,29,33)/t20-,22-,23-/m0/s1. The molecule has 2 saturated heterocycles. The Kier molecular flexibility index (Phi) is 17.6. The predicted molar refractivity (Wildman–Crippen MR) is 143 cm³/mol. The van der Waals surface area contributed by atoms with Crippen molar-refractivity contribution in [2.45, 2.75) is 68.7 Å². The molecule has 214 valence electrons. The molecule has 3 atom stereocenters. The van der Waals surface area contributed by atoms with Gasteiger partial charge in [-0.2, -0.15) is 11.8 Å². The Hall–Kier alpha value is -1.44. The summed E-state index contributed by atoms with van der Waals surface area (Å²) in [7, 11) is 0. The number of fused-ring (bicyclic) bond motifs is 1. The molecule has 2 aliphatic heterocycles. The molecule has 0 saturated carbocycles. The van der Waals surface area contributed by atoms with Crippen molar-refractivity contribution >= 4 is 29.5 Å². The van der Waals surface area contributed by atoms with Crippen LogP contribution < -0.4 is 21.3 Å². The zero-order valence-electron chi connectivity index (χ0n) is 22.0. The average molecular weight is 547 g/mol. The van der Waals surface area contributed by atoms with Crippen LogP contribution in [0.4, 0.5) is 4.79 Å². The molecule has 2 aliphatic rings. The lowest BCUT2D eigenvalue weighted by Crippen LogP contribution is -2.36. The Balaban J connectivity index is 1.20. The number of amides is 2. The normalized spacial score (nSPS) is 20.5. The minimum Gasteiger partial charge on any atom is -0.476 e. The Labute approximate surface area is 224 Å². The van der Waals surface area contributed by atoms with Gasteiger partial charge in [0, 0.05) is 30.6 Å². The monoisotopic (exact) mass is 546 g/mol. The van der Waals surface area contributed by atoms with Gasteiger partial charge < -0.3 is 40.6 Å². The molecule has 2 fully saturated rings. The number of thioether (sulfide) groups is 1. The number of aliphatic carboxylic acids is 1. The van der Waals surface area contributed by atoms with Gasteiger partial charge in [0.15, 0.2) is 0 Å². The van der Waals surface area contributed by atoms with E-state index in [9.17, 15) is 14.4 Å². The highest BCUT2D eigenvalue weighted by atomic mass is 32.2. The van der Waals surface area contributed by atoms with Crippen molar-refractivity contribution in [2.24, 2.45) is 0 Å². The first-order chi connectivity index (χ1) is 18.1. The van der Waals surface area contributed by atoms with Crippen LogP contribution >= 0.6 is 11.8 Å². The maximum atomic E-state index is 11.4. The lowest BCUT2D eigenvalue weighted by atomic mass is 10.0. The Morgan fingerprint density at radius 2 is 1.41 bits per heavy atom. The van der Waals surface area contributed by atoms with E-state index in [0.717, 1.165) is 44.8 Å². The van der Waals surface area contributed by atoms with E-state index >= 15 is 0 Å². The van der Waals surface area contributed by atoms with Crippen molar-refractivity contribution in [1.29, 1.82) is 0 Å². The molecule has 0 spiro atoms. The van der Waals surface area contributed by atoms with Crippen LogP contribution in [-0.2, 0) is 23.8 Å². The van der Waals surface area contributed by atoms with Gasteiger partial charge in [0.1, 0.15) is 0 Å². The first-order valence-electron chi connectivity index (χ1n) is 13.7. The van der Waals surface area contributed by atoms with Crippen LogP contribution in [0.25, 0.3) is 0 Å². The molecule has 2 rings (SSSR count). The summed E-state index contributed by atoms with van der Waals surface area (Å²) < 4.78 is 16.6. The number of carboxylic acids is 1. The van der Waals surface area contributed by atoms with Crippen molar-refractivity contribution < 1.29 is 33.7 Å². The van der Waals surface area contributed by atoms with Crippen LogP contribution in [0.2, 0.25) is 0 Å². The predicted octanol–water partition coefficient (Wildman–Crippen LogP) is 1.16. The first-order valence-corrected chi connectivity index (χ1v) is 14.7. The maximum Gasteiger partial charge on any atom is 0.372 e. The van der Waals surface area contributed by atoms with E-state index in [1.807, 2.05) is 11.8 Å². The van der Waals surface area contributed by atoms with Gasteiger partial charge in [0.25, 0.3) is 0 Å². The van der Waals surface area contributed by atoms with Gasteiger partial charge in [-0.05, 0) is 58.3 Å². The molecule has 0 unspecified atom stereocenters. The summed E-state index contributed by atoms with van der Waals surface area (Å²) in [6.07, 6.45) is 7.23. The number of carbonyl (C=O) groups is 3. The lowest BCUT2D eigenvalue weighted by Gasteiger charge is -2.16. The van der Waals surface area contributed by atoms with E-state index in [0.29, 0.717) is 63.3 Å². The summed E-state index contributed by atoms with van der Waals surface area (Å²) in [5.74, 6) is -1.06. The van der Waals surface area contributed by atoms with Crippen LogP contribution in [0.5, 0.6) is 0 Å². The highest BCUT2D eigenvalue weighted by Gasteiger charge is 2.42. The third-order valence-electron chi connectivity index (χ3n) is 6.30. The molecule has 0 aromatic carbocycles. The minimum atomic E-state index is -1.36. The Morgan fingerprint density at radius 3 is 2.05 bits per heavy atom. The molecule has 0 aliphatic carbocycles. The van der Waals surface area contributed by atoms with Gasteiger partial charge in [-0.15, -0.1) is 0 Å². The number of urea groups is 1. The second-order valence-electron chi connectivity index (χ2n) is 9.35. The van der Waals surface area contributed by atoms with Crippen molar-refractivity contribution in [3.63, 3.8) is 0 Å². The summed E-state index contributed by atoms with van der Waals surface area (Å²) in [6.45, 7) is 6.99. The summed E-state index contributed by atoms with van der Waals surface area (Å²) in [6, 6.07) is 0.637. The average Bonchev–Trinajstić information content (AvgIpc) is 3.43. The fourth-order valence-corrected chi connectivity index (χ4v) is 5.83. The van der Waals surface area contributed by atoms with Gasteiger partial charge in [-0.1, -0.05) is 12.8 Å². The number of nitrogens with one attached hydrogen (secondary N) is 4. The molecular formula is C25H46N4O7S. The van der Waals surface area contributed by atoms with E-state index < -0.39 is 11.8 Å². The van der Waals surface area contributed by atoms with Crippen LogP contribution in [0.1, 0.15) is 51.4 Å². The highest BCUT2D eigenvalue weighted by molar-refractivity contribution is 8.00. The van der Waals surface area contributed by atoms with Gasteiger partial charge in [-0.3, -0.25) is 4.79 Å². The molecular weight excluding hydrogens is 500 g/mol. The number of ketones is 1. The number of unbranched alkanes of at least 4 members (excludes halogenated alkanes) is 2. The Morgan fingerprint density at radius 1 is 0.811 bits per heavy atom. The second kappa shape index (κ2) is 20.5. The van der Waals surface area contributed by atoms with Gasteiger partial charge in [0.05, 0.1) is 38.5 Å². The topological polar surface area (TPSA) is 147 Å². The number of Topliss-reactive ketones (excluding diaryl/α,β-unsaturated/α-hetero) is 1. The molecule has 2 heterocycles. The van der Waals surface area contributed by atoms with E-state index in [4.69, 9.17) is 19.3 Å². The summed E-state index contributed by atoms with van der Waals surface area (Å²) in [5, 5.41) is 21.7. The largest absolute Gasteiger partial charge is 0.476 e. The summed E-state index contributed by atoms with van der Waals surface area (Å²) >= 11 is 1.99. The van der Waals surface area contributed by atoms with Crippen LogP contribution in [-0.4, -0.2) is 112 Å². The van der Waals surface area contributed by atoms with E-state index in [1.165, 1.54) is 25.7 Å². The number of ether oxygens (including phenoxy) is 3. The number of carboxylic acid groups (broad SMARTS) is 1. The summed E-state index contributed by atoms with van der Waals surface area (Å²) in [4.78, 5) is 32.7. The van der Waals surface area contributed by atoms with Crippen LogP contribution in [0, 0.1) is 0 Å². The number of hydrogen-bond donors (Lipinski definition) is 5. The fraction of sp³-hybridized carbons (Fsp3) is 0.880. The molecule has 5 N–H and O–H groups in total. The molecule has 0 bridgehead atoms. The maximum absolute atomic E-state index is 11.4. The summed E-state index contributed by atoms with van der Waals surface area (Å²) in [5.41, 5.74) is 0. The third-order valence-corrected chi connectivity index (χ3v) is 7.81. The number of hydrogen-bond acceptors (Lipinski definition) is 9. The van der Waals surface area contributed by atoms with Crippen molar-refractivity contribution in [3.8, 4) is 0 Å². The first kappa shape index (κ1) is 31.8. The van der Waals surface area contributed by atoms with Gasteiger partial charge in [-0.25, -0.2) is 9.59 Å². The fourth-order valence-electron chi connectivity index (χ4n) is 4.29. The highest BCUT2D eigenvalue weighted by Crippen LogP contribution is 2.33.